The molecule has 1 aliphatic heterocycles. The molecular weight excluding hydrogens is 200 g/mol. The number of carbonyl (C=O) groups is 2. The van der Waals surface area contributed by atoms with E-state index >= 15 is 0 Å². The Morgan fingerprint density at radius 1 is 1.27 bits per heavy atom. The smallest absolute Gasteiger partial charge is 0.338 e. The van der Waals surface area contributed by atoms with Crippen LogP contribution in [0, 0.1) is 0 Å². The van der Waals surface area contributed by atoms with E-state index in [1.165, 1.54) is 6.92 Å². The molecule has 0 amide bonds. The van der Waals surface area contributed by atoms with Gasteiger partial charge in [0.2, 0.25) is 0 Å². The highest BCUT2D eigenvalue weighted by molar-refractivity contribution is 5.89. The molecule has 1 heterocycles. The van der Waals surface area contributed by atoms with Crippen LogP contribution in [0.15, 0.2) is 0 Å². The lowest BCUT2D eigenvalue weighted by atomic mass is 10.1. The molecule has 15 heavy (non-hydrogen) atoms. The van der Waals surface area contributed by atoms with E-state index in [0.717, 1.165) is 0 Å². The monoisotopic (exact) mass is 216 g/mol. The predicted octanol–water partition coefficient (Wildman–Crippen LogP) is 0.659. The first-order valence-electron chi connectivity index (χ1n) is 4.90. The Labute approximate surface area is 88.7 Å². The van der Waals surface area contributed by atoms with Crippen molar-refractivity contribution in [2.24, 2.45) is 0 Å². The third kappa shape index (κ3) is 2.76. The van der Waals surface area contributed by atoms with Gasteiger partial charge in [0.1, 0.15) is 0 Å². The van der Waals surface area contributed by atoms with Crippen molar-refractivity contribution in [3.63, 3.8) is 0 Å². The van der Waals surface area contributed by atoms with E-state index in [2.05, 4.69) is 0 Å². The van der Waals surface area contributed by atoms with Crippen molar-refractivity contribution in [1.29, 1.82) is 0 Å². The Morgan fingerprint density at radius 2 is 1.80 bits per heavy atom. The molecule has 0 N–H and O–H groups in total. The van der Waals surface area contributed by atoms with E-state index in [4.69, 9.17) is 14.2 Å². The summed E-state index contributed by atoms with van der Waals surface area (Å²) in [4.78, 5) is 22.7. The first kappa shape index (κ1) is 12.1. The summed E-state index contributed by atoms with van der Waals surface area (Å²) in [6.07, 6.45) is -1.81. The number of esters is 1. The van der Waals surface area contributed by atoms with Gasteiger partial charge in [-0.05, 0) is 27.7 Å². The van der Waals surface area contributed by atoms with Gasteiger partial charge in [-0.3, -0.25) is 4.79 Å². The molecule has 0 radical (unpaired) electrons. The van der Waals surface area contributed by atoms with Gasteiger partial charge in [-0.15, -0.1) is 0 Å². The first-order chi connectivity index (χ1) is 6.87. The van der Waals surface area contributed by atoms with Gasteiger partial charge in [-0.2, -0.15) is 0 Å². The van der Waals surface area contributed by atoms with Gasteiger partial charge in [0.15, 0.2) is 23.8 Å². The quantitative estimate of drug-likeness (QED) is 0.648. The molecule has 2 atom stereocenters. The van der Waals surface area contributed by atoms with Crippen LogP contribution >= 0.6 is 0 Å². The fraction of sp³-hybridized carbons (Fsp3) is 0.800. The second-order valence-electron chi connectivity index (χ2n) is 3.84. The normalized spacial score (nSPS) is 28.8. The maximum absolute atomic E-state index is 11.5. The minimum Gasteiger partial charge on any atom is -0.464 e. The molecule has 5 heteroatoms. The lowest BCUT2D eigenvalue weighted by molar-refractivity contribution is -0.170. The Balaban J connectivity index is 2.77. The second-order valence-corrected chi connectivity index (χ2v) is 3.84. The predicted molar refractivity (Wildman–Crippen MR) is 51.1 cm³/mol. The van der Waals surface area contributed by atoms with Crippen LogP contribution < -0.4 is 0 Å². The Kier molecular flexibility index (Phi) is 3.46. The SMILES string of the molecule is CCOC(=O)C1OC(C)(C)OC1C(C)=O. The highest BCUT2D eigenvalue weighted by Gasteiger charge is 2.48. The van der Waals surface area contributed by atoms with Gasteiger partial charge >= 0.3 is 5.97 Å². The molecule has 0 aromatic carbocycles. The zero-order valence-electron chi connectivity index (χ0n) is 9.40. The molecule has 1 fully saturated rings. The summed E-state index contributed by atoms with van der Waals surface area (Å²) in [6, 6.07) is 0. The Hall–Kier alpha value is -0.940. The summed E-state index contributed by atoms with van der Waals surface area (Å²) in [5.74, 6) is -1.71. The minimum atomic E-state index is -0.947. The van der Waals surface area contributed by atoms with Crippen LogP contribution in [0.3, 0.4) is 0 Å². The highest BCUT2D eigenvalue weighted by Crippen LogP contribution is 2.29. The van der Waals surface area contributed by atoms with Gasteiger partial charge in [-0.1, -0.05) is 0 Å². The van der Waals surface area contributed by atoms with Crippen molar-refractivity contribution in [1.82, 2.24) is 0 Å². The van der Waals surface area contributed by atoms with E-state index < -0.39 is 24.0 Å². The fourth-order valence-corrected chi connectivity index (χ4v) is 1.46. The average Bonchev–Trinajstić information content (AvgIpc) is 2.42. The summed E-state index contributed by atoms with van der Waals surface area (Å²) in [6.45, 7) is 6.62. The van der Waals surface area contributed by atoms with Gasteiger partial charge in [-0.25, -0.2) is 4.79 Å². The molecule has 2 unspecified atom stereocenters. The zero-order valence-corrected chi connectivity index (χ0v) is 9.40. The Morgan fingerprint density at radius 3 is 2.27 bits per heavy atom. The molecule has 0 aromatic heterocycles. The summed E-state index contributed by atoms with van der Waals surface area (Å²) in [7, 11) is 0. The molecule has 5 nitrogen and oxygen atoms in total. The second kappa shape index (κ2) is 4.28. The van der Waals surface area contributed by atoms with Crippen molar-refractivity contribution < 1.29 is 23.8 Å². The molecule has 1 aliphatic rings. The van der Waals surface area contributed by atoms with Crippen molar-refractivity contribution in [2.45, 2.75) is 45.7 Å². The highest BCUT2D eigenvalue weighted by atomic mass is 16.8. The van der Waals surface area contributed by atoms with E-state index in [0.29, 0.717) is 0 Å². The van der Waals surface area contributed by atoms with Crippen LogP contribution in [0.1, 0.15) is 27.7 Å². The van der Waals surface area contributed by atoms with Crippen molar-refractivity contribution in [3.8, 4) is 0 Å². The molecule has 0 spiro atoms. The van der Waals surface area contributed by atoms with Gasteiger partial charge in [0.05, 0.1) is 6.61 Å². The standard InChI is InChI=1S/C10H16O5/c1-5-13-9(12)8-7(6(2)11)14-10(3,4)15-8/h7-8H,5H2,1-4H3. The summed E-state index contributed by atoms with van der Waals surface area (Å²) in [5, 5.41) is 0. The third-order valence-electron chi connectivity index (χ3n) is 2.02. The molecule has 0 aromatic rings. The minimum absolute atomic E-state index is 0.237. The van der Waals surface area contributed by atoms with Crippen molar-refractivity contribution >= 4 is 11.8 Å². The van der Waals surface area contributed by atoms with Gasteiger partial charge in [0, 0.05) is 0 Å². The van der Waals surface area contributed by atoms with E-state index in [1.807, 2.05) is 0 Å². The molecule has 86 valence electrons. The first-order valence-corrected chi connectivity index (χ1v) is 4.90. The maximum Gasteiger partial charge on any atom is 0.338 e. The van der Waals surface area contributed by atoms with Crippen LogP contribution in [0.4, 0.5) is 0 Å². The van der Waals surface area contributed by atoms with Gasteiger partial charge in [0.25, 0.3) is 0 Å². The Bertz CT molecular complexity index is 271. The third-order valence-corrected chi connectivity index (χ3v) is 2.02. The maximum atomic E-state index is 11.5. The number of ether oxygens (including phenoxy) is 3. The molecular formula is C10H16O5. The number of hydrogen-bond acceptors (Lipinski definition) is 5. The fourth-order valence-electron chi connectivity index (χ4n) is 1.46. The van der Waals surface area contributed by atoms with Crippen LogP contribution in [0.2, 0.25) is 0 Å². The average molecular weight is 216 g/mol. The molecule has 1 rings (SSSR count). The number of rotatable bonds is 3. The van der Waals surface area contributed by atoms with Crippen LogP contribution in [0.5, 0.6) is 0 Å². The summed E-state index contributed by atoms with van der Waals surface area (Å²) in [5.41, 5.74) is 0. The largest absolute Gasteiger partial charge is 0.464 e. The van der Waals surface area contributed by atoms with Crippen LogP contribution in [-0.4, -0.2) is 36.4 Å². The summed E-state index contributed by atoms with van der Waals surface area (Å²) < 4.78 is 15.4. The topological polar surface area (TPSA) is 61.8 Å². The molecule has 0 saturated carbocycles. The number of Topliss-reactive ketones (excluding diaryl/α,β-unsaturated/α-hetero) is 1. The van der Waals surface area contributed by atoms with Crippen LogP contribution in [-0.2, 0) is 23.8 Å². The van der Waals surface area contributed by atoms with E-state index in [-0.39, 0.29) is 12.4 Å². The van der Waals surface area contributed by atoms with Crippen molar-refractivity contribution in [2.75, 3.05) is 6.61 Å². The summed E-state index contributed by atoms with van der Waals surface area (Å²) >= 11 is 0. The van der Waals surface area contributed by atoms with E-state index in [1.54, 1.807) is 20.8 Å². The lowest BCUT2D eigenvalue weighted by Gasteiger charge is -2.15. The van der Waals surface area contributed by atoms with Crippen molar-refractivity contribution in [3.05, 3.63) is 0 Å². The number of hydrogen-bond donors (Lipinski definition) is 0. The molecule has 1 saturated heterocycles. The molecule has 0 aliphatic carbocycles. The number of carbonyl (C=O) groups excluding carboxylic acids is 2. The lowest BCUT2D eigenvalue weighted by Crippen LogP contribution is -2.37. The molecule has 0 bridgehead atoms. The van der Waals surface area contributed by atoms with Crippen LogP contribution in [0.25, 0.3) is 0 Å². The zero-order chi connectivity index (χ0) is 11.6. The van der Waals surface area contributed by atoms with Gasteiger partial charge < -0.3 is 14.2 Å². The number of ketones is 1. The van der Waals surface area contributed by atoms with E-state index in [9.17, 15) is 9.59 Å².